The van der Waals surface area contributed by atoms with Crippen molar-refractivity contribution in [3.8, 4) is 0 Å². The van der Waals surface area contributed by atoms with Gasteiger partial charge >= 0.3 is 6.18 Å². The average molecular weight is 296 g/mol. The van der Waals surface area contributed by atoms with Crippen LogP contribution < -0.4 is 0 Å². The van der Waals surface area contributed by atoms with Crippen LogP contribution in [-0.2, 0) is 0 Å². The Kier molecular flexibility index (Phi) is 3.46. The number of hydrogen-bond acceptors (Lipinski definition) is 1. The van der Waals surface area contributed by atoms with Crippen LogP contribution in [0.1, 0.15) is 48.6 Å². The molecule has 1 heterocycles. The molecule has 1 saturated carbocycles. The van der Waals surface area contributed by atoms with E-state index in [9.17, 15) is 13.2 Å². The first kappa shape index (κ1) is 14.4. The third-order valence-electron chi connectivity index (χ3n) is 4.64. The third-order valence-corrected chi connectivity index (χ3v) is 4.64. The quantitative estimate of drug-likeness (QED) is 0.786. The number of alkyl halides is 3. The number of nitrogens with zero attached hydrogens (tertiary/aromatic N) is 1. The number of benzene rings is 1. The lowest BCUT2D eigenvalue weighted by molar-refractivity contribution is -0.183. The molecule has 0 aliphatic heterocycles. The molecule has 1 aliphatic carbocycles. The monoisotopic (exact) mass is 296 g/mol. The minimum absolute atomic E-state index is 0.113. The van der Waals surface area contributed by atoms with E-state index < -0.39 is 12.1 Å². The normalized spacial score (nSPS) is 23.7. The Balaban J connectivity index is 1.89. The molecular weight excluding hydrogens is 277 g/mol. The molecular formula is C16H19F3N2. The predicted octanol–water partition coefficient (Wildman–Crippen LogP) is 5.02. The van der Waals surface area contributed by atoms with Gasteiger partial charge in [-0.25, -0.2) is 4.98 Å². The summed E-state index contributed by atoms with van der Waals surface area (Å²) in [5.74, 6) is -0.588. The summed E-state index contributed by atoms with van der Waals surface area (Å²) >= 11 is 0. The zero-order valence-electron chi connectivity index (χ0n) is 12.2. The molecule has 0 saturated heterocycles. The molecule has 114 valence electrons. The largest absolute Gasteiger partial charge is 0.391 e. The van der Waals surface area contributed by atoms with Gasteiger partial charge in [0.25, 0.3) is 0 Å². The maximum absolute atomic E-state index is 12.9. The summed E-state index contributed by atoms with van der Waals surface area (Å²) in [5, 5.41) is 0. The number of fused-ring (bicyclic) bond motifs is 1. The first-order valence-electron chi connectivity index (χ1n) is 7.38. The molecule has 2 nitrogen and oxygen atoms in total. The van der Waals surface area contributed by atoms with Crippen molar-refractivity contribution in [1.29, 1.82) is 0 Å². The Labute approximate surface area is 121 Å². The van der Waals surface area contributed by atoms with E-state index >= 15 is 0 Å². The van der Waals surface area contributed by atoms with E-state index in [-0.39, 0.29) is 18.8 Å². The molecule has 1 aromatic heterocycles. The van der Waals surface area contributed by atoms with Crippen molar-refractivity contribution < 1.29 is 13.2 Å². The maximum Gasteiger partial charge on any atom is 0.391 e. The highest BCUT2D eigenvalue weighted by atomic mass is 19.4. The van der Waals surface area contributed by atoms with Crippen molar-refractivity contribution in [3.05, 3.63) is 29.1 Å². The smallest absolute Gasteiger partial charge is 0.342 e. The van der Waals surface area contributed by atoms with Crippen molar-refractivity contribution in [2.45, 2.75) is 51.6 Å². The van der Waals surface area contributed by atoms with E-state index in [1.807, 2.05) is 26.0 Å². The predicted molar refractivity (Wildman–Crippen MR) is 76.3 cm³/mol. The van der Waals surface area contributed by atoms with Crippen LogP contribution in [0, 0.1) is 19.8 Å². The van der Waals surface area contributed by atoms with Crippen molar-refractivity contribution in [3.63, 3.8) is 0 Å². The van der Waals surface area contributed by atoms with Gasteiger partial charge in [-0.2, -0.15) is 13.2 Å². The lowest BCUT2D eigenvalue weighted by atomic mass is 9.80. The second-order valence-electron chi connectivity index (χ2n) is 6.18. The molecule has 2 unspecified atom stereocenters. The van der Waals surface area contributed by atoms with Crippen LogP contribution in [0.2, 0.25) is 0 Å². The zero-order valence-corrected chi connectivity index (χ0v) is 12.2. The van der Waals surface area contributed by atoms with Gasteiger partial charge in [-0.05, 0) is 56.4 Å². The molecule has 0 bridgehead atoms. The highest BCUT2D eigenvalue weighted by Crippen LogP contribution is 2.43. The van der Waals surface area contributed by atoms with Crippen molar-refractivity contribution in [2.75, 3.05) is 0 Å². The summed E-state index contributed by atoms with van der Waals surface area (Å²) in [4.78, 5) is 7.76. The summed E-state index contributed by atoms with van der Waals surface area (Å²) in [7, 11) is 0. The lowest BCUT2D eigenvalue weighted by Gasteiger charge is -2.29. The zero-order chi connectivity index (χ0) is 15.2. The van der Waals surface area contributed by atoms with Gasteiger partial charge in [-0.1, -0.05) is 6.42 Å². The number of aromatic amines is 1. The molecule has 1 aromatic carbocycles. The first-order chi connectivity index (χ1) is 9.84. The van der Waals surface area contributed by atoms with E-state index in [1.54, 1.807) is 0 Å². The molecule has 1 N–H and O–H groups in total. The maximum atomic E-state index is 12.9. The minimum Gasteiger partial charge on any atom is -0.342 e. The van der Waals surface area contributed by atoms with E-state index in [0.29, 0.717) is 12.2 Å². The van der Waals surface area contributed by atoms with Gasteiger partial charge in [-0.3, -0.25) is 0 Å². The fourth-order valence-electron chi connectivity index (χ4n) is 3.22. The number of H-pyrrole nitrogens is 1. The average Bonchev–Trinajstić information content (AvgIpc) is 2.81. The van der Waals surface area contributed by atoms with Gasteiger partial charge < -0.3 is 4.98 Å². The van der Waals surface area contributed by atoms with E-state index in [4.69, 9.17) is 0 Å². The summed E-state index contributed by atoms with van der Waals surface area (Å²) in [6, 6.07) is 4.01. The second-order valence-corrected chi connectivity index (χ2v) is 6.18. The summed E-state index contributed by atoms with van der Waals surface area (Å²) in [6.07, 6.45) is -2.29. The molecule has 3 rings (SSSR count). The van der Waals surface area contributed by atoms with Crippen molar-refractivity contribution in [1.82, 2.24) is 9.97 Å². The Morgan fingerprint density at radius 2 is 1.86 bits per heavy atom. The number of hydrogen-bond donors (Lipinski definition) is 1. The van der Waals surface area contributed by atoms with Crippen LogP contribution in [0.5, 0.6) is 0 Å². The first-order valence-corrected chi connectivity index (χ1v) is 7.38. The van der Waals surface area contributed by atoms with Gasteiger partial charge in [0.1, 0.15) is 5.82 Å². The fourth-order valence-corrected chi connectivity index (χ4v) is 3.22. The van der Waals surface area contributed by atoms with Gasteiger partial charge in [0.15, 0.2) is 0 Å². The number of halogens is 3. The van der Waals surface area contributed by atoms with Gasteiger partial charge in [0.05, 0.1) is 17.0 Å². The van der Waals surface area contributed by atoms with Crippen LogP contribution in [0.3, 0.4) is 0 Å². The number of aromatic nitrogens is 2. The Hall–Kier alpha value is -1.52. The van der Waals surface area contributed by atoms with E-state index in [1.165, 1.54) is 0 Å². The van der Waals surface area contributed by atoms with E-state index in [0.717, 1.165) is 28.6 Å². The minimum atomic E-state index is -4.09. The standard InChI is InChI=1S/C16H19F3N2/c1-9-6-13-14(7-10(9)2)21-15(20-13)11-4-3-5-12(8-11)16(17,18)19/h6-7,11-12H,3-5,8H2,1-2H3,(H,20,21). The van der Waals surface area contributed by atoms with Gasteiger partial charge in [-0.15, -0.1) is 0 Å². The summed E-state index contributed by atoms with van der Waals surface area (Å²) in [6.45, 7) is 4.04. The van der Waals surface area contributed by atoms with Gasteiger partial charge in [0, 0.05) is 5.92 Å². The van der Waals surface area contributed by atoms with Crippen molar-refractivity contribution >= 4 is 11.0 Å². The van der Waals surface area contributed by atoms with Crippen LogP contribution in [-0.4, -0.2) is 16.1 Å². The van der Waals surface area contributed by atoms with Crippen LogP contribution in [0.4, 0.5) is 13.2 Å². The Morgan fingerprint density at radius 3 is 2.57 bits per heavy atom. The number of imidazole rings is 1. The molecule has 21 heavy (non-hydrogen) atoms. The highest BCUT2D eigenvalue weighted by molar-refractivity contribution is 5.77. The van der Waals surface area contributed by atoms with E-state index in [2.05, 4.69) is 9.97 Å². The third kappa shape index (κ3) is 2.78. The van der Waals surface area contributed by atoms with Crippen molar-refractivity contribution in [2.24, 2.45) is 5.92 Å². The topological polar surface area (TPSA) is 28.7 Å². The summed E-state index contributed by atoms with van der Waals surface area (Å²) in [5.41, 5.74) is 4.08. The van der Waals surface area contributed by atoms with Crippen LogP contribution >= 0.6 is 0 Å². The highest BCUT2D eigenvalue weighted by Gasteiger charge is 2.42. The summed E-state index contributed by atoms with van der Waals surface area (Å²) < 4.78 is 38.7. The lowest BCUT2D eigenvalue weighted by Crippen LogP contribution is -2.28. The SMILES string of the molecule is Cc1cc2nc(C3CCCC(C(F)(F)F)C3)[nH]c2cc1C. The molecule has 2 atom stereocenters. The Bertz CT molecular complexity index is 618. The fraction of sp³-hybridized carbons (Fsp3) is 0.562. The number of aryl methyl sites for hydroxylation is 2. The second kappa shape index (κ2) is 5.04. The molecule has 0 radical (unpaired) electrons. The molecule has 2 aromatic rings. The molecule has 1 fully saturated rings. The van der Waals surface area contributed by atoms with Gasteiger partial charge in [0.2, 0.25) is 0 Å². The molecule has 1 aliphatic rings. The Morgan fingerprint density at radius 1 is 1.14 bits per heavy atom. The van der Waals surface area contributed by atoms with Crippen LogP contribution in [0.25, 0.3) is 11.0 Å². The molecule has 0 spiro atoms. The molecule has 5 heteroatoms. The number of rotatable bonds is 1. The number of nitrogens with one attached hydrogen (secondary N) is 1. The molecule has 0 amide bonds. The van der Waals surface area contributed by atoms with Crippen LogP contribution in [0.15, 0.2) is 12.1 Å².